The fourth-order valence-electron chi connectivity index (χ4n) is 2.81. The van der Waals surface area contributed by atoms with Crippen LogP contribution < -0.4 is 15.4 Å². The molecule has 25 heavy (non-hydrogen) atoms. The zero-order valence-corrected chi connectivity index (χ0v) is 18.1. The Kier molecular flexibility index (Phi) is 10.4. The zero-order valence-electron chi connectivity index (χ0n) is 15.2. The van der Waals surface area contributed by atoms with Crippen molar-refractivity contribution >= 4 is 45.9 Å². The van der Waals surface area contributed by atoms with Gasteiger partial charge in [0.25, 0.3) is 5.91 Å². The number of aromatic nitrogens is 2. The number of carbonyl (C=O) groups excluding carboxylic acids is 1. The molecule has 0 aromatic carbocycles. The number of amides is 1. The molecule has 1 aromatic rings. The maximum absolute atomic E-state index is 12.4. The fraction of sp³-hybridized carbons (Fsp3) is 0.688. The molecule has 1 amide bonds. The van der Waals surface area contributed by atoms with E-state index in [1.54, 1.807) is 0 Å². The van der Waals surface area contributed by atoms with Gasteiger partial charge in [0.2, 0.25) is 5.88 Å². The SMILES string of the molecule is CCNc1nc(OC)c(C(=O)NCC2CCCN2CC)nc1Cl.CI. The van der Waals surface area contributed by atoms with E-state index in [0.29, 0.717) is 24.9 Å². The van der Waals surface area contributed by atoms with Gasteiger partial charge >= 0.3 is 0 Å². The minimum Gasteiger partial charge on any atom is -0.479 e. The average Bonchev–Trinajstić information content (AvgIpc) is 3.10. The number of carbonyl (C=O) groups is 1. The van der Waals surface area contributed by atoms with Crippen molar-refractivity contribution in [1.82, 2.24) is 20.2 Å². The third-order valence-corrected chi connectivity index (χ3v) is 4.24. The Morgan fingerprint density at radius 1 is 1.40 bits per heavy atom. The van der Waals surface area contributed by atoms with Crippen LogP contribution in [0, 0.1) is 0 Å². The van der Waals surface area contributed by atoms with E-state index in [4.69, 9.17) is 16.3 Å². The Labute approximate surface area is 168 Å². The predicted octanol–water partition coefficient (Wildman–Crippen LogP) is 2.84. The van der Waals surface area contributed by atoms with Crippen molar-refractivity contribution in [1.29, 1.82) is 0 Å². The van der Waals surface area contributed by atoms with Crippen molar-refractivity contribution in [2.75, 3.05) is 43.5 Å². The van der Waals surface area contributed by atoms with E-state index in [2.05, 4.69) is 55.0 Å². The molecular formula is C16H27ClIN5O2. The summed E-state index contributed by atoms with van der Waals surface area (Å²) in [5, 5.41) is 6.06. The zero-order chi connectivity index (χ0) is 18.8. The lowest BCUT2D eigenvalue weighted by Crippen LogP contribution is -2.40. The van der Waals surface area contributed by atoms with Gasteiger partial charge in [-0.3, -0.25) is 9.69 Å². The molecule has 0 spiro atoms. The summed E-state index contributed by atoms with van der Waals surface area (Å²) < 4.78 is 5.18. The van der Waals surface area contributed by atoms with E-state index in [9.17, 15) is 4.79 Å². The molecule has 1 aliphatic heterocycles. The average molecular weight is 484 g/mol. The molecule has 1 aromatic heterocycles. The quantitative estimate of drug-likeness (QED) is 0.459. The van der Waals surface area contributed by atoms with Crippen LogP contribution in [0.4, 0.5) is 5.82 Å². The van der Waals surface area contributed by atoms with Crippen molar-refractivity contribution in [3.8, 4) is 5.88 Å². The van der Waals surface area contributed by atoms with Gasteiger partial charge in [0.05, 0.1) is 7.11 Å². The van der Waals surface area contributed by atoms with E-state index >= 15 is 0 Å². The summed E-state index contributed by atoms with van der Waals surface area (Å²) in [7, 11) is 1.46. The van der Waals surface area contributed by atoms with Gasteiger partial charge in [-0.15, -0.1) is 0 Å². The molecule has 1 fully saturated rings. The highest BCUT2D eigenvalue weighted by atomic mass is 127. The summed E-state index contributed by atoms with van der Waals surface area (Å²) in [6.45, 7) is 7.37. The first-order chi connectivity index (χ1) is 12.1. The van der Waals surface area contributed by atoms with Gasteiger partial charge in [-0.1, -0.05) is 41.1 Å². The molecule has 0 saturated carbocycles. The van der Waals surface area contributed by atoms with E-state index in [-0.39, 0.29) is 22.6 Å². The molecule has 142 valence electrons. The summed E-state index contributed by atoms with van der Waals surface area (Å²) in [6, 6.07) is 0.374. The molecule has 0 bridgehead atoms. The van der Waals surface area contributed by atoms with Crippen LogP contribution in [0.2, 0.25) is 5.15 Å². The van der Waals surface area contributed by atoms with Crippen molar-refractivity contribution in [2.45, 2.75) is 32.7 Å². The Hall–Kier alpha value is -0.870. The number of methoxy groups -OCH3 is 1. The normalized spacial score (nSPS) is 16.8. The van der Waals surface area contributed by atoms with E-state index in [1.807, 2.05) is 11.9 Å². The van der Waals surface area contributed by atoms with Crippen LogP contribution in [0.25, 0.3) is 0 Å². The third-order valence-electron chi connectivity index (χ3n) is 3.98. The van der Waals surface area contributed by atoms with Crippen LogP contribution in [-0.4, -0.2) is 65.0 Å². The maximum Gasteiger partial charge on any atom is 0.275 e. The van der Waals surface area contributed by atoms with Gasteiger partial charge in [0, 0.05) is 19.1 Å². The van der Waals surface area contributed by atoms with Crippen LogP contribution in [0.5, 0.6) is 5.88 Å². The lowest BCUT2D eigenvalue weighted by Gasteiger charge is -2.22. The first kappa shape index (κ1) is 22.2. The van der Waals surface area contributed by atoms with Crippen LogP contribution in [0.15, 0.2) is 0 Å². The number of nitrogens with one attached hydrogen (secondary N) is 2. The number of nitrogens with zero attached hydrogens (tertiary/aromatic N) is 3. The summed E-state index contributed by atoms with van der Waals surface area (Å²) in [5.74, 6) is 0.263. The number of hydrogen-bond donors (Lipinski definition) is 2. The Morgan fingerprint density at radius 3 is 2.72 bits per heavy atom. The van der Waals surface area contributed by atoms with Crippen molar-refractivity contribution < 1.29 is 9.53 Å². The minimum atomic E-state index is -0.317. The van der Waals surface area contributed by atoms with E-state index < -0.39 is 0 Å². The van der Waals surface area contributed by atoms with Crippen LogP contribution >= 0.6 is 34.2 Å². The van der Waals surface area contributed by atoms with Gasteiger partial charge in [0.1, 0.15) is 0 Å². The van der Waals surface area contributed by atoms with Crippen LogP contribution in [0.1, 0.15) is 37.2 Å². The van der Waals surface area contributed by atoms with Crippen molar-refractivity contribution in [3.05, 3.63) is 10.8 Å². The third kappa shape index (κ3) is 6.10. The standard InChI is InChI=1S/C15H24ClN5O2.CH3I/c1-4-17-13-12(16)19-11(15(20-13)23-3)14(22)18-9-10-7-6-8-21(10)5-2;1-2/h10H,4-9H2,1-3H3,(H,17,20)(H,18,22);1H3. The number of ether oxygens (including phenoxy) is 1. The highest BCUT2D eigenvalue weighted by Gasteiger charge is 2.25. The molecule has 2 N–H and O–H groups in total. The topological polar surface area (TPSA) is 79.4 Å². The number of likely N-dealkylation sites (tertiary alicyclic amines) is 1. The van der Waals surface area contributed by atoms with Crippen LogP contribution in [0.3, 0.4) is 0 Å². The molecule has 2 heterocycles. The first-order valence-electron chi connectivity index (χ1n) is 8.36. The summed E-state index contributed by atoms with van der Waals surface area (Å²) in [4.78, 5) is 25.1. The van der Waals surface area contributed by atoms with Gasteiger partial charge in [-0.05, 0) is 37.8 Å². The summed E-state index contributed by atoms with van der Waals surface area (Å²) in [5.41, 5.74) is 0.111. The predicted molar refractivity (Wildman–Crippen MR) is 110 cm³/mol. The lowest BCUT2D eigenvalue weighted by molar-refractivity contribution is 0.0932. The van der Waals surface area contributed by atoms with Crippen molar-refractivity contribution in [3.63, 3.8) is 0 Å². The highest BCUT2D eigenvalue weighted by molar-refractivity contribution is 14.1. The first-order valence-corrected chi connectivity index (χ1v) is 10.9. The Balaban J connectivity index is 0.00000151. The molecule has 0 aliphatic carbocycles. The molecular weight excluding hydrogens is 457 g/mol. The Bertz CT molecular complexity index is 562. The molecule has 9 heteroatoms. The largest absolute Gasteiger partial charge is 0.479 e. The number of rotatable bonds is 7. The smallest absolute Gasteiger partial charge is 0.275 e. The second-order valence-electron chi connectivity index (χ2n) is 5.39. The minimum absolute atomic E-state index is 0.111. The van der Waals surface area contributed by atoms with Crippen LogP contribution in [-0.2, 0) is 0 Å². The molecule has 1 atom stereocenters. The number of hydrogen-bond acceptors (Lipinski definition) is 6. The second kappa shape index (κ2) is 11.7. The van der Waals surface area contributed by atoms with Gasteiger partial charge < -0.3 is 15.4 Å². The highest BCUT2D eigenvalue weighted by Crippen LogP contribution is 2.23. The van der Waals surface area contributed by atoms with Crippen molar-refractivity contribution in [2.24, 2.45) is 0 Å². The summed E-state index contributed by atoms with van der Waals surface area (Å²) >= 11 is 8.22. The number of alkyl halides is 1. The van der Waals surface area contributed by atoms with E-state index in [1.165, 1.54) is 13.5 Å². The molecule has 1 saturated heterocycles. The molecule has 1 aliphatic rings. The number of anilines is 1. The molecule has 0 radical (unpaired) electrons. The van der Waals surface area contributed by atoms with E-state index in [0.717, 1.165) is 19.5 Å². The lowest BCUT2D eigenvalue weighted by atomic mass is 10.2. The Morgan fingerprint density at radius 2 is 2.12 bits per heavy atom. The number of halogens is 2. The number of likely N-dealkylation sites (N-methyl/N-ethyl adjacent to an activating group) is 1. The molecule has 7 nitrogen and oxygen atoms in total. The summed E-state index contributed by atoms with van der Waals surface area (Å²) in [6.07, 6.45) is 2.26. The van der Waals surface area contributed by atoms with Gasteiger partial charge in [-0.2, -0.15) is 4.98 Å². The second-order valence-corrected chi connectivity index (χ2v) is 5.74. The molecule has 1 unspecified atom stereocenters. The fourth-order valence-corrected chi connectivity index (χ4v) is 3.00. The maximum atomic E-state index is 12.4. The monoisotopic (exact) mass is 483 g/mol. The van der Waals surface area contributed by atoms with Gasteiger partial charge in [0.15, 0.2) is 16.7 Å². The molecule has 2 rings (SSSR count). The van der Waals surface area contributed by atoms with Gasteiger partial charge in [-0.25, -0.2) is 4.98 Å².